The summed E-state index contributed by atoms with van der Waals surface area (Å²) in [6.45, 7) is 6.15. The Bertz CT molecular complexity index is 1200. The molecule has 0 atom stereocenters. The number of nitrogens with zero attached hydrogens (tertiary/aromatic N) is 3. The van der Waals surface area contributed by atoms with Gasteiger partial charge in [-0.3, -0.25) is 19.4 Å². The van der Waals surface area contributed by atoms with Gasteiger partial charge < -0.3 is 4.90 Å². The van der Waals surface area contributed by atoms with Crippen molar-refractivity contribution in [2.45, 2.75) is 13.8 Å². The first-order valence-corrected chi connectivity index (χ1v) is 12.0. The van der Waals surface area contributed by atoms with E-state index in [0.717, 1.165) is 24.3 Å². The van der Waals surface area contributed by atoms with Gasteiger partial charge in [0.2, 0.25) is 0 Å². The van der Waals surface area contributed by atoms with Crippen molar-refractivity contribution in [3.63, 3.8) is 0 Å². The van der Waals surface area contributed by atoms with E-state index in [-0.39, 0.29) is 10.7 Å². The van der Waals surface area contributed by atoms with E-state index < -0.39 is 11.8 Å². The van der Waals surface area contributed by atoms with Crippen LogP contribution in [0.3, 0.4) is 0 Å². The Labute approximate surface area is 211 Å². The monoisotopic (exact) mass is 481 g/mol. The highest BCUT2D eigenvalue weighted by molar-refractivity contribution is 7.81. The molecule has 0 radical (unpaired) electrons. The quantitative estimate of drug-likeness (QED) is 0.242. The maximum atomic E-state index is 13.4. The Balaban J connectivity index is 1.67. The number of allylic oxidation sites excluding steroid dienone is 2. The van der Waals surface area contributed by atoms with Gasteiger partial charge in [0.05, 0.1) is 11.4 Å². The van der Waals surface area contributed by atoms with E-state index in [2.05, 4.69) is 30.9 Å². The zero-order valence-corrected chi connectivity index (χ0v) is 20.6. The second-order valence-corrected chi connectivity index (χ2v) is 8.30. The van der Waals surface area contributed by atoms with Crippen molar-refractivity contribution in [3.05, 3.63) is 108 Å². The number of anilines is 3. The third-order valence-electron chi connectivity index (χ3n) is 5.85. The lowest BCUT2D eigenvalue weighted by atomic mass is 10.1. The van der Waals surface area contributed by atoms with Crippen molar-refractivity contribution in [2.24, 2.45) is 0 Å². The number of hydrogen-bond acceptors (Lipinski definition) is 4. The molecule has 1 saturated heterocycles. The second kappa shape index (κ2) is 10.9. The first kappa shape index (κ1) is 24.1. The molecule has 0 aromatic heterocycles. The molecule has 3 aromatic carbocycles. The van der Waals surface area contributed by atoms with Crippen molar-refractivity contribution >= 4 is 52.3 Å². The fraction of sp³-hybridized carbons (Fsp3) is 0.138. The molecule has 2 amide bonds. The van der Waals surface area contributed by atoms with E-state index in [0.29, 0.717) is 11.4 Å². The van der Waals surface area contributed by atoms with Crippen LogP contribution in [0, 0.1) is 0 Å². The van der Waals surface area contributed by atoms with Crippen molar-refractivity contribution in [1.29, 1.82) is 0 Å². The Morgan fingerprint density at radius 3 is 1.69 bits per heavy atom. The molecular weight excluding hydrogens is 454 g/mol. The first-order valence-electron chi connectivity index (χ1n) is 11.6. The van der Waals surface area contributed by atoms with Crippen LogP contribution in [0.2, 0.25) is 0 Å². The van der Waals surface area contributed by atoms with Crippen molar-refractivity contribution < 1.29 is 9.59 Å². The summed E-state index contributed by atoms with van der Waals surface area (Å²) in [6, 6.07) is 26.5. The number of thiocarbonyl (C=S) groups is 1. The molecule has 4 rings (SSSR count). The van der Waals surface area contributed by atoms with E-state index in [1.807, 2.05) is 54.6 Å². The van der Waals surface area contributed by atoms with Crippen LogP contribution < -0.4 is 14.7 Å². The topological polar surface area (TPSA) is 43.9 Å². The molecule has 1 fully saturated rings. The number of amides is 2. The number of hydrogen-bond donors (Lipinski definition) is 0. The minimum Gasteiger partial charge on any atom is -0.372 e. The molecule has 5 nitrogen and oxygen atoms in total. The van der Waals surface area contributed by atoms with E-state index in [1.54, 1.807) is 36.4 Å². The zero-order valence-electron chi connectivity index (χ0n) is 19.8. The molecule has 1 heterocycles. The summed E-state index contributed by atoms with van der Waals surface area (Å²) >= 11 is 5.62. The summed E-state index contributed by atoms with van der Waals surface area (Å²) in [6.07, 6.45) is 5.18. The molecule has 176 valence electrons. The summed E-state index contributed by atoms with van der Waals surface area (Å²) in [5.74, 6) is -0.889. The lowest BCUT2D eigenvalue weighted by molar-refractivity contribution is -0.120. The molecule has 0 saturated carbocycles. The van der Waals surface area contributed by atoms with Crippen LogP contribution >= 0.6 is 12.2 Å². The molecule has 1 aliphatic rings. The van der Waals surface area contributed by atoms with Gasteiger partial charge in [-0.25, -0.2) is 0 Å². The average Bonchev–Trinajstić information content (AvgIpc) is 2.89. The van der Waals surface area contributed by atoms with Crippen LogP contribution in [0.4, 0.5) is 17.1 Å². The minimum absolute atomic E-state index is 0.0438. The van der Waals surface area contributed by atoms with E-state index in [1.165, 1.54) is 9.80 Å². The van der Waals surface area contributed by atoms with Crippen LogP contribution in [-0.4, -0.2) is 30.0 Å². The highest BCUT2D eigenvalue weighted by Crippen LogP contribution is 2.28. The molecule has 3 aromatic rings. The summed E-state index contributed by atoms with van der Waals surface area (Å²) in [5.41, 5.74) is 3.40. The fourth-order valence-electron chi connectivity index (χ4n) is 4.00. The molecule has 6 heteroatoms. The standard InChI is InChI=1S/C29H27N3O2S/c1-3-30(4-2)23-20-18-22(19-21-23)12-11-17-26-27(33)31(24-13-7-5-8-14-24)29(35)32(28(26)34)25-15-9-6-10-16-25/h5-21H,3-4H2,1-2H3/b12-11+. The zero-order chi connectivity index (χ0) is 24.8. The van der Waals surface area contributed by atoms with Gasteiger partial charge in [0.1, 0.15) is 5.57 Å². The van der Waals surface area contributed by atoms with Gasteiger partial charge in [-0.15, -0.1) is 0 Å². The average molecular weight is 482 g/mol. The maximum Gasteiger partial charge on any atom is 0.270 e. The van der Waals surface area contributed by atoms with E-state index >= 15 is 0 Å². The van der Waals surface area contributed by atoms with Crippen molar-refractivity contribution in [3.8, 4) is 0 Å². The Morgan fingerprint density at radius 2 is 1.23 bits per heavy atom. The summed E-state index contributed by atoms with van der Waals surface area (Å²) in [7, 11) is 0. The van der Waals surface area contributed by atoms with Gasteiger partial charge in [-0.05, 0) is 74.1 Å². The molecule has 1 aliphatic heterocycles. The summed E-state index contributed by atoms with van der Waals surface area (Å²) in [5, 5.41) is 0.130. The number of carbonyl (C=O) groups is 2. The number of benzene rings is 3. The van der Waals surface area contributed by atoms with Crippen LogP contribution in [0.25, 0.3) is 6.08 Å². The van der Waals surface area contributed by atoms with Gasteiger partial charge in [-0.2, -0.15) is 0 Å². The van der Waals surface area contributed by atoms with Gasteiger partial charge >= 0.3 is 0 Å². The molecule has 0 N–H and O–H groups in total. The Morgan fingerprint density at radius 1 is 0.743 bits per heavy atom. The van der Waals surface area contributed by atoms with E-state index in [4.69, 9.17) is 12.2 Å². The largest absolute Gasteiger partial charge is 0.372 e. The number of carbonyl (C=O) groups excluding carboxylic acids is 2. The van der Waals surface area contributed by atoms with E-state index in [9.17, 15) is 9.59 Å². The first-order chi connectivity index (χ1) is 17.0. The van der Waals surface area contributed by atoms with Crippen LogP contribution in [0.15, 0.2) is 103 Å². The second-order valence-electron chi connectivity index (χ2n) is 7.94. The minimum atomic E-state index is -0.445. The maximum absolute atomic E-state index is 13.4. The lowest BCUT2D eigenvalue weighted by Gasteiger charge is -2.36. The molecule has 35 heavy (non-hydrogen) atoms. The fourth-order valence-corrected chi connectivity index (χ4v) is 4.38. The predicted molar refractivity (Wildman–Crippen MR) is 148 cm³/mol. The Kier molecular flexibility index (Phi) is 7.53. The van der Waals surface area contributed by atoms with Gasteiger partial charge in [0.15, 0.2) is 5.11 Å². The van der Waals surface area contributed by atoms with Crippen LogP contribution in [0.1, 0.15) is 19.4 Å². The van der Waals surface area contributed by atoms with Gasteiger partial charge in [-0.1, -0.05) is 60.7 Å². The molecule has 0 spiro atoms. The van der Waals surface area contributed by atoms with Gasteiger partial charge in [0.25, 0.3) is 11.8 Å². The molecule has 0 unspecified atom stereocenters. The van der Waals surface area contributed by atoms with Gasteiger partial charge in [0, 0.05) is 18.8 Å². The Hall–Kier alpha value is -4.03. The summed E-state index contributed by atoms with van der Waals surface area (Å²) < 4.78 is 0. The molecule has 0 bridgehead atoms. The highest BCUT2D eigenvalue weighted by atomic mass is 32.1. The van der Waals surface area contributed by atoms with Crippen LogP contribution in [-0.2, 0) is 9.59 Å². The lowest BCUT2D eigenvalue weighted by Crippen LogP contribution is -2.57. The third-order valence-corrected chi connectivity index (χ3v) is 6.22. The summed E-state index contributed by atoms with van der Waals surface area (Å²) in [4.78, 5) is 32.0. The normalized spacial score (nSPS) is 14.1. The van der Waals surface area contributed by atoms with Crippen LogP contribution in [0.5, 0.6) is 0 Å². The van der Waals surface area contributed by atoms with Crippen molar-refractivity contribution in [2.75, 3.05) is 27.8 Å². The smallest absolute Gasteiger partial charge is 0.270 e. The van der Waals surface area contributed by atoms with Crippen molar-refractivity contribution in [1.82, 2.24) is 0 Å². The number of para-hydroxylation sites is 2. The predicted octanol–water partition coefficient (Wildman–Crippen LogP) is 5.84. The number of rotatable bonds is 7. The highest BCUT2D eigenvalue weighted by Gasteiger charge is 2.40. The third kappa shape index (κ3) is 5.08. The molecule has 0 aliphatic carbocycles. The molecular formula is C29H27N3O2S. The SMILES string of the molecule is CCN(CC)c1ccc(/C=C/C=C2C(=O)N(c3ccccc3)C(=S)N(c3ccccc3)C2=O)cc1.